The number of aliphatic hydroxyl groups is 1. The molecule has 0 saturated heterocycles. The van der Waals surface area contributed by atoms with Crippen LogP contribution in [-0.4, -0.2) is 36.4 Å². The molecule has 0 atom stereocenters. The highest BCUT2D eigenvalue weighted by atomic mass is 32.2. The second-order valence-electron chi connectivity index (χ2n) is 6.32. The van der Waals surface area contributed by atoms with Crippen LogP contribution in [0.4, 0.5) is 13.2 Å². The van der Waals surface area contributed by atoms with Crippen LogP contribution in [0.5, 0.6) is 17.2 Å². The fraction of sp³-hybridized carbons (Fsp3) is 0.190. The summed E-state index contributed by atoms with van der Waals surface area (Å²) in [5, 5.41) is 20.9. The van der Waals surface area contributed by atoms with Gasteiger partial charge >= 0.3 is 6.18 Å². The van der Waals surface area contributed by atoms with Crippen molar-refractivity contribution >= 4 is 28.9 Å². The Labute approximate surface area is 185 Å². The van der Waals surface area contributed by atoms with Gasteiger partial charge in [0.2, 0.25) is 0 Å². The van der Waals surface area contributed by atoms with Gasteiger partial charge in [-0.25, -0.2) is 0 Å². The van der Waals surface area contributed by atoms with Crippen molar-refractivity contribution in [2.24, 2.45) is 4.99 Å². The number of amides is 1. The van der Waals surface area contributed by atoms with Gasteiger partial charge in [0, 0.05) is 6.54 Å². The van der Waals surface area contributed by atoms with Crippen LogP contribution < -0.4 is 14.8 Å². The number of halogens is 3. The maximum absolute atomic E-state index is 13.4. The van der Waals surface area contributed by atoms with Gasteiger partial charge in [-0.15, -0.1) is 0 Å². The van der Waals surface area contributed by atoms with Gasteiger partial charge in [-0.3, -0.25) is 4.79 Å². The van der Waals surface area contributed by atoms with Crippen molar-refractivity contribution in [3.05, 3.63) is 58.0 Å². The zero-order valence-corrected chi connectivity index (χ0v) is 17.4. The molecule has 1 heterocycles. The number of nitrogens with one attached hydrogen (secondary N) is 1. The third-order valence-corrected chi connectivity index (χ3v) is 5.07. The second kappa shape index (κ2) is 9.76. The first-order chi connectivity index (χ1) is 15.2. The molecule has 0 unspecified atom stereocenters. The Morgan fingerprint density at radius 1 is 1.22 bits per heavy atom. The van der Waals surface area contributed by atoms with E-state index in [0.29, 0.717) is 21.7 Å². The van der Waals surface area contributed by atoms with Gasteiger partial charge in [0.15, 0.2) is 16.7 Å². The zero-order valence-electron chi connectivity index (χ0n) is 16.6. The standard InChI is InChI=1S/C21H16F3N3O4S/c1-30-17-9-12(10-18-19(29)27-20(32-18)26-6-7-28)2-5-16(17)31-15-4-3-13(11-25)8-14(15)21(22,23)24/h2-5,8-10,28H,6-7H2,1H3,(H,26,27,29)/b18-10-. The normalized spacial score (nSPS) is 14.8. The predicted octanol–water partition coefficient (Wildman–Crippen LogP) is 3.93. The first-order valence-electron chi connectivity index (χ1n) is 9.09. The first kappa shape index (κ1) is 23.2. The van der Waals surface area contributed by atoms with Crippen LogP contribution in [0.3, 0.4) is 0 Å². The lowest BCUT2D eigenvalue weighted by molar-refractivity contribution is -0.138. The molecule has 2 aromatic rings. The smallest absolute Gasteiger partial charge is 0.420 e. The average Bonchev–Trinajstić information content (AvgIpc) is 3.11. The van der Waals surface area contributed by atoms with E-state index < -0.39 is 23.4 Å². The number of aliphatic hydroxyl groups excluding tert-OH is 1. The fourth-order valence-corrected chi connectivity index (χ4v) is 3.52. The molecular formula is C21H16F3N3O4S. The van der Waals surface area contributed by atoms with Crippen molar-refractivity contribution in [1.82, 2.24) is 5.32 Å². The van der Waals surface area contributed by atoms with Crippen LogP contribution in [0.1, 0.15) is 16.7 Å². The Balaban J connectivity index is 1.86. The number of amidine groups is 1. The number of methoxy groups -OCH3 is 1. The number of ether oxygens (including phenoxy) is 2. The molecule has 1 aliphatic heterocycles. The van der Waals surface area contributed by atoms with Crippen LogP contribution in [0.25, 0.3) is 6.08 Å². The number of nitriles is 1. The molecule has 2 N–H and O–H groups in total. The summed E-state index contributed by atoms with van der Waals surface area (Å²) in [7, 11) is 1.33. The molecule has 0 fully saturated rings. The second-order valence-corrected chi connectivity index (χ2v) is 7.35. The van der Waals surface area contributed by atoms with Crippen LogP contribution in [0.2, 0.25) is 0 Å². The van der Waals surface area contributed by atoms with Crippen molar-refractivity contribution in [1.29, 1.82) is 5.26 Å². The molecule has 11 heteroatoms. The quantitative estimate of drug-likeness (QED) is 0.626. The lowest BCUT2D eigenvalue weighted by Gasteiger charge is -2.16. The number of benzene rings is 2. The molecule has 1 amide bonds. The van der Waals surface area contributed by atoms with Gasteiger partial charge in [-0.1, -0.05) is 6.07 Å². The largest absolute Gasteiger partial charge is 0.493 e. The lowest BCUT2D eigenvalue weighted by atomic mass is 10.1. The van der Waals surface area contributed by atoms with E-state index in [2.05, 4.69) is 10.3 Å². The highest BCUT2D eigenvalue weighted by Gasteiger charge is 2.35. The van der Waals surface area contributed by atoms with E-state index in [0.717, 1.165) is 17.8 Å². The zero-order chi connectivity index (χ0) is 23.3. The van der Waals surface area contributed by atoms with Gasteiger partial charge in [0.05, 0.1) is 35.8 Å². The molecule has 0 saturated carbocycles. The summed E-state index contributed by atoms with van der Waals surface area (Å²) in [5.74, 6) is -0.763. The van der Waals surface area contributed by atoms with Gasteiger partial charge in [0.1, 0.15) is 5.75 Å². The number of carbonyl (C=O) groups is 1. The van der Waals surface area contributed by atoms with E-state index in [-0.39, 0.29) is 30.2 Å². The number of alkyl halides is 3. The Morgan fingerprint density at radius 3 is 2.62 bits per heavy atom. The minimum atomic E-state index is -4.72. The van der Waals surface area contributed by atoms with Crippen LogP contribution >= 0.6 is 11.8 Å². The summed E-state index contributed by atoms with van der Waals surface area (Å²) >= 11 is 1.10. The molecule has 2 aromatic carbocycles. The molecule has 32 heavy (non-hydrogen) atoms. The molecule has 3 rings (SSSR count). The molecule has 0 bridgehead atoms. The highest BCUT2D eigenvalue weighted by molar-refractivity contribution is 8.18. The molecule has 0 aliphatic carbocycles. The average molecular weight is 463 g/mol. The van der Waals surface area contributed by atoms with E-state index in [9.17, 15) is 18.0 Å². The monoisotopic (exact) mass is 463 g/mol. The minimum Gasteiger partial charge on any atom is -0.493 e. The predicted molar refractivity (Wildman–Crippen MR) is 112 cm³/mol. The number of aliphatic imine (C=N–C) groups is 1. The number of hydrogen-bond donors (Lipinski definition) is 2. The lowest BCUT2D eigenvalue weighted by Crippen LogP contribution is -2.22. The SMILES string of the molecule is COc1cc(/C=C2\SC(NCCO)=NC2=O)ccc1Oc1ccc(C#N)cc1C(F)(F)F. The number of nitrogens with zero attached hydrogens (tertiary/aromatic N) is 2. The molecule has 0 radical (unpaired) electrons. The van der Waals surface area contributed by atoms with E-state index in [1.165, 1.54) is 25.3 Å². The van der Waals surface area contributed by atoms with Crippen molar-refractivity contribution in [3.63, 3.8) is 0 Å². The molecular weight excluding hydrogens is 447 g/mol. The number of thioether (sulfide) groups is 1. The maximum atomic E-state index is 13.4. The summed E-state index contributed by atoms with van der Waals surface area (Å²) in [6.07, 6.45) is -3.17. The van der Waals surface area contributed by atoms with Crippen molar-refractivity contribution in [2.45, 2.75) is 6.18 Å². The molecule has 166 valence electrons. The van der Waals surface area contributed by atoms with E-state index in [4.69, 9.17) is 19.8 Å². The molecule has 1 aliphatic rings. The number of carbonyl (C=O) groups excluding carboxylic acids is 1. The topological polar surface area (TPSA) is 104 Å². The van der Waals surface area contributed by atoms with Gasteiger partial charge in [-0.05, 0) is 53.7 Å². The number of hydrogen-bond acceptors (Lipinski definition) is 7. The van der Waals surface area contributed by atoms with Crippen molar-refractivity contribution < 1.29 is 32.5 Å². The summed E-state index contributed by atoms with van der Waals surface area (Å²) in [4.78, 5) is 16.2. The third kappa shape index (κ3) is 5.40. The van der Waals surface area contributed by atoms with Crippen LogP contribution in [0.15, 0.2) is 46.3 Å². The summed E-state index contributed by atoms with van der Waals surface area (Å²) in [5.41, 5.74) is -0.690. The van der Waals surface area contributed by atoms with Gasteiger partial charge in [-0.2, -0.15) is 23.4 Å². The van der Waals surface area contributed by atoms with Crippen LogP contribution in [-0.2, 0) is 11.0 Å². The van der Waals surface area contributed by atoms with Crippen molar-refractivity contribution in [3.8, 4) is 23.3 Å². The minimum absolute atomic E-state index is 0.0248. The van der Waals surface area contributed by atoms with E-state index in [1.807, 2.05) is 0 Å². The number of rotatable bonds is 6. The Kier molecular flexibility index (Phi) is 7.07. The summed E-state index contributed by atoms with van der Waals surface area (Å²) < 4.78 is 50.9. The Morgan fingerprint density at radius 2 is 1.97 bits per heavy atom. The van der Waals surface area contributed by atoms with Gasteiger partial charge in [0.25, 0.3) is 5.91 Å². The van der Waals surface area contributed by atoms with Crippen molar-refractivity contribution in [2.75, 3.05) is 20.3 Å². The molecule has 0 spiro atoms. The van der Waals surface area contributed by atoms with E-state index in [1.54, 1.807) is 18.2 Å². The fourth-order valence-electron chi connectivity index (χ4n) is 2.69. The highest BCUT2D eigenvalue weighted by Crippen LogP contribution is 2.41. The first-order valence-corrected chi connectivity index (χ1v) is 9.91. The maximum Gasteiger partial charge on any atom is 0.420 e. The van der Waals surface area contributed by atoms with Gasteiger partial charge < -0.3 is 19.9 Å². The summed E-state index contributed by atoms with van der Waals surface area (Å²) in [6.45, 7) is 0.141. The van der Waals surface area contributed by atoms with E-state index >= 15 is 0 Å². The van der Waals surface area contributed by atoms with Crippen LogP contribution in [0, 0.1) is 11.3 Å². The Hall–Kier alpha value is -3.49. The third-order valence-electron chi connectivity index (χ3n) is 4.13. The summed E-state index contributed by atoms with van der Waals surface area (Å²) in [6, 6.07) is 9.15. The Bertz CT molecular complexity index is 1140. The molecule has 0 aromatic heterocycles. The molecule has 7 nitrogen and oxygen atoms in total.